The van der Waals surface area contributed by atoms with Gasteiger partial charge >= 0.3 is 0 Å². The molecule has 5 heteroatoms. The van der Waals surface area contributed by atoms with Gasteiger partial charge in [-0.15, -0.1) is 0 Å². The van der Waals surface area contributed by atoms with E-state index in [9.17, 15) is 4.79 Å². The number of ether oxygens (including phenoxy) is 2. The second-order valence-corrected chi connectivity index (χ2v) is 6.86. The van der Waals surface area contributed by atoms with E-state index in [1.54, 1.807) is 31.8 Å². The molecule has 0 spiro atoms. The first-order valence-electron chi connectivity index (χ1n) is 9.24. The van der Waals surface area contributed by atoms with Crippen LogP contribution in [0.4, 0.5) is 0 Å². The Kier molecular flexibility index (Phi) is 6.37. The highest BCUT2D eigenvalue weighted by Crippen LogP contribution is 2.28. The molecule has 0 saturated heterocycles. The second kappa shape index (κ2) is 9.13. The van der Waals surface area contributed by atoms with E-state index in [2.05, 4.69) is 48.1 Å². The molecule has 0 amide bonds. The van der Waals surface area contributed by atoms with Gasteiger partial charge in [-0.25, -0.2) is 4.98 Å². The van der Waals surface area contributed by atoms with Crippen LogP contribution in [0.5, 0.6) is 11.5 Å². The lowest BCUT2D eigenvalue weighted by Crippen LogP contribution is -2.07. The van der Waals surface area contributed by atoms with Crippen LogP contribution in [0.25, 0.3) is 0 Å². The third-order valence-corrected chi connectivity index (χ3v) is 4.49. The zero-order chi connectivity index (χ0) is 19.9. The van der Waals surface area contributed by atoms with Gasteiger partial charge in [-0.2, -0.15) is 0 Å². The van der Waals surface area contributed by atoms with Crippen molar-refractivity contribution in [2.45, 2.75) is 32.8 Å². The number of nitrogens with zero attached hydrogens (tertiary/aromatic N) is 2. The first kappa shape index (κ1) is 19.5. The quantitative estimate of drug-likeness (QED) is 0.537. The Morgan fingerprint density at radius 1 is 1.00 bits per heavy atom. The maximum absolute atomic E-state index is 12.5. The molecular formula is C23H24N2O3. The van der Waals surface area contributed by atoms with Crippen LogP contribution in [-0.4, -0.2) is 22.9 Å². The van der Waals surface area contributed by atoms with E-state index >= 15 is 0 Å². The van der Waals surface area contributed by atoms with Gasteiger partial charge in [0, 0.05) is 24.9 Å². The number of carbonyl (C=O) groups excluding carboxylic acids is 1. The number of carbonyl (C=O) groups is 1. The molecule has 0 bridgehead atoms. The van der Waals surface area contributed by atoms with E-state index in [4.69, 9.17) is 9.47 Å². The van der Waals surface area contributed by atoms with E-state index < -0.39 is 0 Å². The van der Waals surface area contributed by atoms with Crippen molar-refractivity contribution in [2.75, 3.05) is 7.11 Å². The minimum atomic E-state index is -0.0830. The fourth-order valence-corrected chi connectivity index (χ4v) is 2.78. The molecule has 3 aromatic rings. The summed E-state index contributed by atoms with van der Waals surface area (Å²) in [6.07, 6.45) is 5.14. The van der Waals surface area contributed by atoms with Crippen molar-refractivity contribution < 1.29 is 14.3 Å². The molecule has 2 heterocycles. The van der Waals surface area contributed by atoms with Crippen molar-refractivity contribution >= 4 is 5.78 Å². The van der Waals surface area contributed by atoms with Gasteiger partial charge in [-0.1, -0.05) is 38.1 Å². The predicted octanol–water partition coefficient (Wildman–Crippen LogP) is 4.61. The molecule has 144 valence electrons. The number of pyridine rings is 2. The molecule has 0 saturated carbocycles. The Morgan fingerprint density at radius 2 is 1.71 bits per heavy atom. The summed E-state index contributed by atoms with van der Waals surface area (Å²) in [6, 6.07) is 13.6. The van der Waals surface area contributed by atoms with Gasteiger partial charge in [0.15, 0.2) is 17.3 Å². The van der Waals surface area contributed by atoms with Crippen molar-refractivity contribution in [3.8, 4) is 11.5 Å². The highest BCUT2D eigenvalue weighted by Gasteiger charge is 2.14. The third kappa shape index (κ3) is 4.94. The number of hydrogen-bond acceptors (Lipinski definition) is 5. The van der Waals surface area contributed by atoms with Crippen LogP contribution in [0.15, 0.2) is 61.1 Å². The van der Waals surface area contributed by atoms with Gasteiger partial charge in [-0.05, 0) is 34.7 Å². The summed E-state index contributed by atoms with van der Waals surface area (Å²) in [5.41, 5.74) is 3.59. The van der Waals surface area contributed by atoms with Gasteiger partial charge in [0.05, 0.1) is 13.3 Å². The summed E-state index contributed by atoms with van der Waals surface area (Å²) in [7, 11) is 1.55. The van der Waals surface area contributed by atoms with E-state index in [0.717, 1.165) is 11.1 Å². The zero-order valence-corrected chi connectivity index (χ0v) is 16.4. The maximum Gasteiger partial charge on any atom is 0.185 e. The number of hydrogen-bond donors (Lipinski definition) is 0. The summed E-state index contributed by atoms with van der Waals surface area (Å²) in [4.78, 5) is 20.7. The number of rotatable bonds is 8. The van der Waals surface area contributed by atoms with E-state index in [1.165, 1.54) is 5.56 Å². The number of benzene rings is 1. The average Bonchev–Trinajstić information content (AvgIpc) is 2.73. The lowest BCUT2D eigenvalue weighted by atomic mass is 10.0. The molecule has 5 nitrogen and oxygen atoms in total. The lowest BCUT2D eigenvalue weighted by molar-refractivity contribution is 0.0987. The van der Waals surface area contributed by atoms with E-state index in [-0.39, 0.29) is 12.2 Å². The normalized spacial score (nSPS) is 10.7. The van der Waals surface area contributed by atoms with Crippen LogP contribution in [0.3, 0.4) is 0 Å². The largest absolute Gasteiger partial charge is 0.493 e. The number of Topliss-reactive ketones (excluding diaryl/α,β-unsaturated/α-hetero) is 1. The molecule has 0 aliphatic carbocycles. The minimum absolute atomic E-state index is 0.0830. The van der Waals surface area contributed by atoms with E-state index in [1.807, 2.05) is 12.1 Å². The fourth-order valence-electron chi connectivity index (χ4n) is 2.78. The highest BCUT2D eigenvalue weighted by molar-refractivity contribution is 5.96. The smallest absolute Gasteiger partial charge is 0.185 e. The van der Waals surface area contributed by atoms with Crippen LogP contribution in [0.2, 0.25) is 0 Å². The Balaban J connectivity index is 1.68. The molecule has 28 heavy (non-hydrogen) atoms. The van der Waals surface area contributed by atoms with Crippen molar-refractivity contribution in [3.63, 3.8) is 0 Å². The minimum Gasteiger partial charge on any atom is -0.493 e. The van der Waals surface area contributed by atoms with Crippen LogP contribution in [-0.2, 0) is 13.0 Å². The molecule has 3 rings (SSSR count). The first-order valence-corrected chi connectivity index (χ1v) is 9.24. The topological polar surface area (TPSA) is 61.3 Å². The van der Waals surface area contributed by atoms with Crippen LogP contribution < -0.4 is 9.47 Å². The van der Waals surface area contributed by atoms with E-state index in [0.29, 0.717) is 29.7 Å². The molecule has 0 N–H and O–H groups in total. The predicted molar refractivity (Wildman–Crippen MR) is 108 cm³/mol. The molecule has 0 fully saturated rings. The monoisotopic (exact) mass is 376 g/mol. The Bertz CT molecular complexity index is 922. The molecule has 0 unspecified atom stereocenters. The Labute approximate surface area is 165 Å². The van der Waals surface area contributed by atoms with Gasteiger partial charge in [0.1, 0.15) is 12.3 Å². The van der Waals surface area contributed by atoms with Gasteiger partial charge in [0.2, 0.25) is 0 Å². The summed E-state index contributed by atoms with van der Waals surface area (Å²) < 4.78 is 11.3. The van der Waals surface area contributed by atoms with Crippen LogP contribution in [0.1, 0.15) is 46.9 Å². The lowest BCUT2D eigenvalue weighted by Gasteiger charge is -2.12. The molecular weight excluding hydrogens is 352 g/mol. The van der Waals surface area contributed by atoms with Crippen molar-refractivity contribution in [1.29, 1.82) is 0 Å². The maximum atomic E-state index is 12.5. The fraction of sp³-hybridized carbons (Fsp3) is 0.261. The molecule has 2 aromatic heterocycles. The Morgan fingerprint density at radius 3 is 2.36 bits per heavy atom. The molecule has 1 aromatic carbocycles. The number of methoxy groups -OCH3 is 1. The summed E-state index contributed by atoms with van der Waals surface area (Å²) in [5, 5.41) is 0. The summed E-state index contributed by atoms with van der Waals surface area (Å²) in [5.74, 6) is 1.42. The van der Waals surface area contributed by atoms with Crippen molar-refractivity contribution in [3.05, 3.63) is 83.4 Å². The summed E-state index contributed by atoms with van der Waals surface area (Å²) >= 11 is 0. The molecule has 0 aliphatic rings. The van der Waals surface area contributed by atoms with Crippen molar-refractivity contribution in [1.82, 2.24) is 9.97 Å². The first-order chi connectivity index (χ1) is 13.6. The molecule has 0 aliphatic heterocycles. The summed E-state index contributed by atoms with van der Waals surface area (Å²) in [6.45, 7) is 4.74. The van der Waals surface area contributed by atoms with Gasteiger partial charge in [0.25, 0.3) is 0 Å². The number of ketones is 1. The zero-order valence-electron chi connectivity index (χ0n) is 16.4. The SMILES string of the molecule is COc1cc(C(=O)Cc2ccncc2)ncc1OCc1ccc(C(C)C)cc1. The van der Waals surface area contributed by atoms with Crippen molar-refractivity contribution in [2.24, 2.45) is 0 Å². The van der Waals surface area contributed by atoms with Crippen LogP contribution in [0, 0.1) is 0 Å². The second-order valence-electron chi connectivity index (χ2n) is 6.86. The average molecular weight is 376 g/mol. The standard InChI is InChI=1S/C23H24N2O3/c1-16(2)19-6-4-18(5-7-19)15-28-23-14-25-20(13-22(23)27-3)21(26)12-17-8-10-24-11-9-17/h4-11,13-14,16H,12,15H2,1-3H3. The molecule has 0 radical (unpaired) electrons. The molecule has 0 atom stereocenters. The Hall–Kier alpha value is -3.21. The third-order valence-electron chi connectivity index (χ3n) is 4.49. The van der Waals surface area contributed by atoms with Gasteiger partial charge < -0.3 is 9.47 Å². The van der Waals surface area contributed by atoms with Gasteiger partial charge in [-0.3, -0.25) is 9.78 Å². The number of aromatic nitrogens is 2. The van der Waals surface area contributed by atoms with Crippen LogP contribution >= 0.6 is 0 Å². The highest BCUT2D eigenvalue weighted by atomic mass is 16.5.